The van der Waals surface area contributed by atoms with E-state index in [-0.39, 0.29) is 0 Å². The molecule has 114 valence electrons. The molecule has 0 fully saturated rings. The van der Waals surface area contributed by atoms with Crippen molar-refractivity contribution in [3.05, 3.63) is 36.7 Å². The molecule has 0 bridgehead atoms. The minimum Gasteiger partial charge on any atom is -0.382 e. The van der Waals surface area contributed by atoms with Gasteiger partial charge in [0.2, 0.25) is 0 Å². The molecule has 4 rings (SSSR count). The highest BCUT2D eigenvalue weighted by molar-refractivity contribution is 7.80. The van der Waals surface area contributed by atoms with Crippen molar-refractivity contribution in [1.29, 1.82) is 0 Å². The molecule has 1 aromatic carbocycles. The molecule has 4 aromatic rings. The molecule has 0 atom stereocenters. The summed E-state index contributed by atoms with van der Waals surface area (Å²) in [6.07, 6.45) is 1.45. The number of nitrogen functional groups attached to an aromatic ring is 1. The largest absolute Gasteiger partial charge is 0.382 e. The van der Waals surface area contributed by atoms with E-state index in [0.717, 1.165) is 26.8 Å². The van der Waals surface area contributed by atoms with Gasteiger partial charge in [-0.3, -0.25) is 0 Å². The fraction of sp³-hybridized carbons (Fsp3) is 0.0667. The van der Waals surface area contributed by atoms with Crippen molar-refractivity contribution in [2.75, 3.05) is 5.73 Å². The van der Waals surface area contributed by atoms with Crippen LogP contribution < -0.4 is 5.73 Å². The lowest BCUT2D eigenvalue weighted by Gasteiger charge is -2.03. The highest BCUT2D eigenvalue weighted by Crippen LogP contribution is 2.37. The van der Waals surface area contributed by atoms with E-state index in [1.165, 1.54) is 17.7 Å². The zero-order chi connectivity index (χ0) is 16.0. The molecule has 6 nitrogen and oxygen atoms in total. The number of thiol groups is 1. The lowest BCUT2D eigenvalue weighted by molar-refractivity contribution is 0.800. The molecule has 0 aliphatic carbocycles. The standard InChI is InChI=1S/C15H12N6S2/c1-21-11(9(20-15(21)22)8-5-3-2-4-6-8)14-19-10-12(16)17-7-18-13(10)23-14/h2-7H,1H3,(H,20,22)(H2,16,17,18). The smallest absolute Gasteiger partial charge is 0.165 e. The highest BCUT2D eigenvalue weighted by Gasteiger charge is 2.20. The summed E-state index contributed by atoms with van der Waals surface area (Å²) in [5, 5.41) is 1.42. The van der Waals surface area contributed by atoms with E-state index < -0.39 is 0 Å². The molecule has 3 aromatic heterocycles. The van der Waals surface area contributed by atoms with Gasteiger partial charge >= 0.3 is 0 Å². The number of anilines is 1. The Balaban J connectivity index is 1.99. The summed E-state index contributed by atoms with van der Waals surface area (Å²) in [6.45, 7) is 0. The third-order valence-electron chi connectivity index (χ3n) is 3.55. The zero-order valence-electron chi connectivity index (χ0n) is 12.1. The summed E-state index contributed by atoms with van der Waals surface area (Å²) >= 11 is 5.91. The minimum absolute atomic E-state index is 0.382. The number of thiazole rings is 1. The van der Waals surface area contributed by atoms with Crippen LogP contribution in [0, 0.1) is 0 Å². The molecule has 3 heterocycles. The zero-order valence-corrected chi connectivity index (χ0v) is 13.8. The Kier molecular flexibility index (Phi) is 3.28. The van der Waals surface area contributed by atoms with Crippen LogP contribution in [0.25, 0.3) is 32.3 Å². The van der Waals surface area contributed by atoms with Crippen LogP contribution >= 0.6 is 24.0 Å². The maximum absolute atomic E-state index is 5.90. The molecule has 0 radical (unpaired) electrons. The van der Waals surface area contributed by atoms with Gasteiger partial charge in [0.25, 0.3) is 0 Å². The lowest BCUT2D eigenvalue weighted by Crippen LogP contribution is -1.94. The predicted octanol–water partition coefficient (Wildman–Crippen LogP) is 3.02. The van der Waals surface area contributed by atoms with Crippen LogP contribution in [0.1, 0.15) is 0 Å². The fourth-order valence-electron chi connectivity index (χ4n) is 2.40. The summed E-state index contributed by atoms with van der Waals surface area (Å²) < 4.78 is 1.91. The summed E-state index contributed by atoms with van der Waals surface area (Å²) in [5.74, 6) is 0.382. The van der Waals surface area contributed by atoms with Crippen molar-refractivity contribution in [3.8, 4) is 22.0 Å². The molecule has 0 aliphatic heterocycles. The van der Waals surface area contributed by atoms with Crippen LogP contribution in [0.4, 0.5) is 5.82 Å². The van der Waals surface area contributed by atoms with Gasteiger partial charge in [-0.05, 0) is 0 Å². The first-order valence-electron chi connectivity index (χ1n) is 6.83. The molecule has 23 heavy (non-hydrogen) atoms. The molecule has 0 amide bonds. The molecule has 0 spiro atoms. The third-order valence-corrected chi connectivity index (χ3v) is 4.92. The Hall–Kier alpha value is -2.45. The van der Waals surface area contributed by atoms with Gasteiger partial charge in [0.1, 0.15) is 33.1 Å². The minimum atomic E-state index is 0.382. The van der Waals surface area contributed by atoms with Crippen molar-refractivity contribution in [2.24, 2.45) is 7.05 Å². The van der Waals surface area contributed by atoms with Crippen molar-refractivity contribution >= 4 is 40.1 Å². The second kappa shape index (κ2) is 5.32. The summed E-state index contributed by atoms with van der Waals surface area (Å²) in [4.78, 5) is 18.2. The number of benzene rings is 1. The van der Waals surface area contributed by atoms with Crippen molar-refractivity contribution in [1.82, 2.24) is 24.5 Å². The first-order chi connectivity index (χ1) is 11.1. The number of fused-ring (bicyclic) bond motifs is 1. The molecule has 0 saturated heterocycles. The van der Waals surface area contributed by atoms with Gasteiger partial charge in [0, 0.05) is 12.6 Å². The molecule has 0 aliphatic rings. The van der Waals surface area contributed by atoms with Gasteiger partial charge < -0.3 is 10.3 Å². The Morgan fingerprint density at radius 3 is 2.65 bits per heavy atom. The number of hydrogen-bond donors (Lipinski definition) is 2. The van der Waals surface area contributed by atoms with Crippen LogP contribution in [-0.4, -0.2) is 24.5 Å². The number of rotatable bonds is 2. The van der Waals surface area contributed by atoms with Crippen LogP contribution in [0.15, 0.2) is 41.8 Å². The van der Waals surface area contributed by atoms with Gasteiger partial charge in [-0.15, -0.1) is 12.6 Å². The van der Waals surface area contributed by atoms with E-state index in [4.69, 9.17) is 5.73 Å². The van der Waals surface area contributed by atoms with E-state index >= 15 is 0 Å². The first-order valence-corrected chi connectivity index (χ1v) is 8.10. The predicted molar refractivity (Wildman–Crippen MR) is 94.5 cm³/mol. The summed E-state index contributed by atoms with van der Waals surface area (Å²) in [5.41, 5.74) is 9.25. The second-order valence-corrected chi connectivity index (χ2v) is 6.34. The van der Waals surface area contributed by atoms with Crippen molar-refractivity contribution < 1.29 is 0 Å². The summed E-state index contributed by atoms with van der Waals surface area (Å²) in [7, 11) is 1.91. The Bertz CT molecular complexity index is 1010. The maximum Gasteiger partial charge on any atom is 0.165 e. The number of hydrogen-bond acceptors (Lipinski definition) is 7. The normalized spacial score (nSPS) is 11.2. The Morgan fingerprint density at radius 1 is 1.13 bits per heavy atom. The number of aromatic nitrogens is 5. The number of imidazole rings is 1. The SMILES string of the molecule is Cn1c(S)nc(-c2ccccc2)c1-c1nc2c(N)ncnc2s1. The van der Waals surface area contributed by atoms with Crippen LogP contribution in [0.2, 0.25) is 0 Å². The topological polar surface area (TPSA) is 82.5 Å². The molecular formula is C15H12N6S2. The molecular weight excluding hydrogens is 328 g/mol. The van der Waals surface area contributed by atoms with Gasteiger partial charge in [-0.2, -0.15) is 0 Å². The van der Waals surface area contributed by atoms with Gasteiger partial charge in [-0.25, -0.2) is 19.9 Å². The van der Waals surface area contributed by atoms with Gasteiger partial charge in [0.05, 0.1) is 0 Å². The third kappa shape index (κ3) is 2.27. The Morgan fingerprint density at radius 2 is 1.91 bits per heavy atom. The summed E-state index contributed by atoms with van der Waals surface area (Å²) in [6, 6.07) is 9.96. The van der Waals surface area contributed by atoms with Crippen LogP contribution in [0.5, 0.6) is 0 Å². The first kappa shape index (κ1) is 14.2. The quantitative estimate of drug-likeness (QED) is 0.548. The van der Waals surface area contributed by atoms with E-state index in [1.54, 1.807) is 0 Å². The van der Waals surface area contributed by atoms with E-state index in [2.05, 4.69) is 32.6 Å². The van der Waals surface area contributed by atoms with Crippen molar-refractivity contribution in [3.63, 3.8) is 0 Å². The Labute approximate surface area is 141 Å². The molecule has 0 unspecified atom stereocenters. The monoisotopic (exact) mass is 340 g/mol. The van der Waals surface area contributed by atoms with E-state index in [0.29, 0.717) is 16.5 Å². The molecule has 0 saturated carbocycles. The van der Waals surface area contributed by atoms with Crippen LogP contribution in [-0.2, 0) is 7.05 Å². The molecule has 8 heteroatoms. The van der Waals surface area contributed by atoms with Crippen molar-refractivity contribution in [2.45, 2.75) is 5.16 Å². The lowest BCUT2D eigenvalue weighted by atomic mass is 10.1. The fourth-order valence-corrected chi connectivity index (χ4v) is 3.60. The van der Waals surface area contributed by atoms with Gasteiger partial charge in [-0.1, -0.05) is 41.7 Å². The van der Waals surface area contributed by atoms with Crippen LogP contribution in [0.3, 0.4) is 0 Å². The average molecular weight is 340 g/mol. The maximum atomic E-state index is 5.90. The highest BCUT2D eigenvalue weighted by atomic mass is 32.1. The number of nitrogens with zero attached hydrogens (tertiary/aromatic N) is 5. The van der Waals surface area contributed by atoms with E-state index in [9.17, 15) is 0 Å². The molecule has 2 N–H and O–H groups in total. The second-order valence-electron chi connectivity index (χ2n) is 4.97. The number of nitrogens with two attached hydrogens (primary N) is 1. The van der Waals surface area contributed by atoms with E-state index in [1.807, 2.05) is 41.9 Å². The average Bonchev–Trinajstić information content (AvgIpc) is 3.11. The van der Waals surface area contributed by atoms with Gasteiger partial charge in [0.15, 0.2) is 11.0 Å².